The number of nitrogens with zero attached hydrogens (tertiary/aromatic N) is 3. The zero-order valence-corrected chi connectivity index (χ0v) is 18.5. The fourth-order valence-electron chi connectivity index (χ4n) is 3.30. The first-order chi connectivity index (χ1) is 15.7. The van der Waals surface area contributed by atoms with E-state index in [2.05, 4.69) is 12.2 Å². The highest BCUT2D eigenvalue weighted by molar-refractivity contribution is 6.02. The molecule has 0 atom stereocenters. The van der Waals surface area contributed by atoms with Crippen LogP contribution < -0.4 is 10.1 Å². The minimum absolute atomic E-state index is 0.0217. The van der Waals surface area contributed by atoms with Gasteiger partial charge in [0.1, 0.15) is 17.4 Å². The van der Waals surface area contributed by atoms with Crippen LogP contribution in [0.1, 0.15) is 38.2 Å². The Kier molecular flexibility index (Phi) is 8.22. The topological polar surface area (TPSA) is 79.9 Å². The molecular weight excluding hydrogens is 400 g/mol. The fraction of sp³-hybridized carbons (Fsp3) is 0.269. The van der Waals surface area contributed by atoms with Crippen molar-refractivity contribution in [2.75, 3.05) is 13.7 Å². The number of likely N-dealkylation sites (N-methyl/N-ethyl adjacent to an activating group) is 1. The van der Waals surface area contributed by atoms with Gasteiger partial charge in [-0.15, -0.1) is 0 Å². The number of rotatable bonds is 10. The molecular formula is C26H28N4O2. The van der Waals surface area contributed by atoms with Crippen molar-refractivity contribution in [1.82, 2.24) is 15.1 Å². The predicted octanol–water partition coefficient (Wildman–Crippen LogP) is 5.15. The Morgan fingerprint density at radius 1 is 1.12 bits per heavy atom. The van der Waals surface area contributed by atoms with E-state index in [0.717, 1.165) is 23.4 Å². The van der Waals surface area contributed by atoms with E-state index in [1.165, 1.54) is 26.3 Å². The Bertz CT molecular complexity index is 1090. The molecule has 0 aliphatic rings. The second kappa shape index (κ2) is 11.5. The lowest BCUT2D eigenvalue weighted by Crippen LogP contribution is -2.19. The molecule has 0 unspecified atom stereocenters. The number of nitrogens with one attached hydrogen (secondary N) is 1. The molecule has 32 heavy (non-hydrogen) atoms. The number of carbonyl (C=O) groups is 1. The monoisotopic (exact) mass is 428 g/mol. The van der Waals surface area contributed by atoms with E-state index >= 15 is 0 Å². The van der Waals surface area contributed by atoms with Crippen molar-refractivity contribution in [2.45, 2.75) is 32.6 Å². The molecule has 0 spiro atoms. The molecule has 3 rings (SSSR count). The third-order valence-electron chi connectivity index (χ3n) is 5.05. The van der Waals surface area contributed by atoms with Crippen LogP contribution in [-0.4, -0.2) is 29.3 Å². The van der Waals surface area contributed by atoms with Gasteiger partial charge in [-0.2, -0.15) is 10.4 Å². The number of carbonyl (C=O) groups excluding carboxylic acids is 1. The molecule has 6 nitrogen and oxygen atoms in total. The lowest BCUT2D eigenvalue weighted by molar-refractivity contribution is -0.116. The molecule has 0 saturated carbocycles. The van der Waals surface area contributed by atoms with Crippen molar-refractivity contribution in [3.8, 4) is 28.8 Å². The van der Waals surface area contributed by atoms with Gasteiger partial charge in [0.2, 0.25) is 0 Å². The fourth-order valence-corrected chi connectivity index (χ4v) is 3.30. The number of amides is 1. The molecule has 0 aliphatic heterocycles. The quantitative estimate of drug-likeness (QED) is 0.275. The van der Waals surface area contributed by atoms with Crippen LogP contribution in [-0.2, 0) is 4.79 Å². The van der Waals surface area contributed by atoms with Gasteiger partial charge in [-0.3, -0.25) is 4.79 Å². The number of hydrogen-bond acceptors (Lipinski definition) is 4. The Hall–Kier alpha value is -3.85. The van der Waals surface area contributed by atoms with Crippen LogP contribution in [0.4, 0.5) is 0 Å². The maximum atomic E-state index is 12.0. The average molecular weight is 429 g/mol. The molecule has 1 N–H and O–H groups in total. The Morgan fingerprint density at radius 3 is 2.53 bits per heavy atom. The smallest absolute Gasteiger partial charge is 0.261 e. The summed E-state index contributed by atoms with van der Waals surface area (Å²) in [5.41, 5.74) is 3.15. The first-order valence-electron chi connectivity index (χ1n) is 10.9. The van der Waals surface area contributed by atoms with E-state index in [1.807, 2.05) is 66.9 Å². The molecule has 0 fully saturated rings. The number of benzene rings is 2. The Labute approximate surface area is 189 Å². The summed E-state index contributed by atoms with van der Waals surface area (Å²) in [7, 11) is 1.50. The van der Waals surface area contributed by atoms with Gasteiger partial charge in [0.05, 0.1) is 18.0 Å². The molecule has 0 bridgehead atoms. The summed E-state index contributed by atoms with van der Waals surface area (Å²) in [6.45, 7) is 2.89. The van der Waals surface area contributed by atoms with Crippen LogP contribution in [0.5, 0.6) is 5.75 Å². The van der Waals surface area contributed by atoms with E-state index in [9.17, 15) is 10.1 Å². The molecule has 0 radical (unpaired) electrons. The molecule has 2 aromatic carbocycles. The number of ether oxygens (including phenoxy) is 1. The molecule has 0 saturated heterocycles. The summed E-state index contributed by atoms with van der Waals surface area (Å²) in [5, 5.41) is 16.7. The third-order valence-corrected chi connectivity index (χ3v) is 5.05. The van der Waals surface area contributed by atoms with Gasteiger partial charge in [-0.1, -0.05) is 44.4 Å². The molecule has 0 aliphatic carbocycles. The second-order valence-corrected chi connectivity index (χ2v) is 7.40. The minimum atomic E-state index is -0.433. The normalized spacial score (nSPS) is 11.1. The largest absolute Gasteiger partial charge is 0.494 e. The Balaban J connectivity index is 1.90. The van der Waals surface area contributed by atoms with E-state index < -0.39 is 5.91 Å². The molecule has 3 aromatic rings. The number of aromatic nitrogens is 2. The van der Waals surface area contributed by atoms with Crippen molar-refractivity contribution in [1.29, 1.82) is 5.26 Å². The number of unbranched alkanes of at least 4 members (excludes halogenated alkanes) is 3. The SMILES string of the molecule is CCCCCCOc1ccc(-c2nn(-c3ccccc3)cc2C=C(C#N)C(=O)NC)cc1. The summed E-state index contributed by atoms with van der Waals surface area (Å²) in [4.78, 5) is 12.0. The van der Waals surface area contributed by atoms with Gasteiger partial charge in [0, 0.05) is 24.4 Å². The van der Waals surface area contributed by atoms with Gasteiger partial charge in [-0.25, -0.2) is 4.68 Å². The summed E-state index contributed by atoms with van der Waals surface area (Å²) in [6, 6.07) is 19.4. The molecule has 6 heteroatoms. The number of hydrogen-bond donors (Lipinski definition) is 1. The van der Waals surface area contributed by atoms with Crippen LogP contribution in [0.2, 0.25) is 0 Å². The highest BCUT2D eigenvalue weighted by Gasteiger charge is 2.14. The van der Waals surface area contributed by atoms with Gasteiger partial charge in [-0.05, 0) is 48.9 Å². The first-order valence-corrected chi connectivity index (χ1v) is 10.9. The van der Waals surface area contributed by atoms with Crippen LogP contribution >= 0.6 is 0 Å². The summed E-state index contributed by atoms with van der Waals surface area (Å²) in [5.74, 6) is 0.380. The lowest BCUT2D eigenvalue weighted by Gasteiger charge is -2.07. The molecule has 164 valence electrons. The van der Waals surface area contributed by atoms with Gasteiger partial charge in [0.25, 0.3) is 5.91 Å². The van der Waals surface area contributed by atoms with Crippen LogP contribution in [0.25, 0.3) is 23.0 Å². The lowest BCUT2D eigenvalue weighted by atomic mass is 10.1. The van der Waals surface area contributed by atoms with Crippen molar-refractivity contribution < 1.29 is 9.53 Å². The van der Waals surface area contributed by atoms with E-state index in [1.54, 1.807) is 10.8 Å². The van der Waals surface area contributed by atoms with Crippen molar-refractivity contribution in [2.24, 2.45) is 0 Å². The van der Waals surface area contributed by atoms with E-state index in [-0.39, 0.29) is 5.57 Å². The van der Waals surface area contributed by atoms with E-state index in [0.29, 0.717) is 17.9 Å². The van der Waals surface area contributed by atoms with Crippen molar-refractivity contribution in [3.63, 3.8) is 0 Å². The summed E-state index contributed by atoms with van der Waals surface area (Å²) in [6.07, 6.45) is 8.04. The predicted molar refractivity (Wildman–Crippen MR) is 126 cm³/mol. The molecule has 1 aromatic heterocycles. The minimum Gasteiger partial charge on any atom is -0.494 e. The zero-order valence-electron chi connectivity index (χ0n) is 18.5. The van der Waals surface area contributed by atoms with Gasteiger partial charge in [0.15, 0.2) is 0 Å². The first kappa shape index (κ1) is 22.8. The van der Waals surface area contributed by atoms with Crippen molar-refractivity contribution >= 4 is 12.0 Å². The highest BCUT2D eigenvalue weighted by Crippen LogP contribution is 2.27. The number of para-hydroxylation sites is 1. The van der Waals surface area contributed by atoms with Crippen LogP contribution in [0, 0.1) is 11.3 Å². The van der Waals surface area contributed by atoms with Gasteiger partial charge < -0.3 is 10.1 Å². The molecule has 1 amide bonds. The average Bonchev–Trinajstić information content (AvgIpc) is 3.26. The van der Waals surface area contributed by atoms with Gasteiger partial charge >= 0.3 is 0 Å². The maximum absolute atomic E-state index is 12.0. The van der Waals surface area contributed by atoms with Crippen molar-refractivity contribution in [3.05, 3.63) is 71.9 Å². The van der Waals surface area contributed by atoms with E-state index in [4.69, 9.17) is 9.84 Å². The summed E-state index contributed by atoms with van der Waals surface area (Å²) < 4.78 is 7.59. The maximum Gasteiger partial charge on any atom is 0.261 e. The highest BCUT2D eigenvalue weighted by atomic mass is 16.5. The second-order valence-electron chi connectivity index (χ2n) is 7.40. The molecule has 1 heterocycles. The Morgan fingerprint density at radius 2 is 1.88 bits per heavy atom. The van der Waals surface area contributed by atoms with Crippen LogP contribution in [0.15, 0.2) is 66.4 Å². The van der Waals surface area contributed by atoms with Crippen LogP contribution in [0.3, 0.4) is 0 Å². The summed E-state index contributed by atoms with van der Waals surface area (Å²) >= 11 is 0. The standard InChI is InChI=1S/C26H28N4O2/c1-3-4-5-9-16-32-24-14-12-20(13-15-24)25-22(17-21(18-27)26(31)28-2)19-30(29-25)23-10-7-6-8-11-23/h6-8,10-15,17,19H,3-5,9,16H2,1-2H3,(H,28,31). The zero-order chi connectivity index (χ0) is 22.8. The number of nitriles is 1. The third kappa shape index (κ3) is 5.86.